The van der Waals surface area contributed by atoms with Crippen molar-refractivity contribution in [3.8, 4) is 0 Å². The summed E-state index contributed by atoms with van der Waals surface area (Å²) in [6.45, 7) is 3.13. The molecule has 0 amide bonds. The van der Waals surface area contributed by atoms with E-state index in [4.69, 9.17) is 0 Å². The Morgan fingerprint density at radius 1 is 1.22 bits per heavy atom. The molecule has 2 aliphatic rings. The molecule has 0 saturated carbocycles. The van der Waals surface area contributed by atoms with Gasteiger partial charge >= 0.3 is 0 Å². The molecule has 0 spiro atoms. The summed E-state index contributed by atoms with van der Waals surface area (Å²) in [7, 11) is 0. The number of hydrogen-bond acceptors (Lipinski definition) is 3. The average molecular weight is 243 g/mol. The van der Waals surface area contributed by atoms with Crippen LogP contribution >= 0.6 is 0 Å². The van der Waals surface area contributed by atoms with Crippen molar-refractivity contribution < 1.29 is 0 Å². The second-order valence-corrected chi connectivity index (χ2v) is 5.23. The highest BCUT2D eigenvalue weighted by Crippen LogP contribution is 2.18. The van der Waals surface area contributed by atoms with Gasteiger partial charge in [-0.2, -0.15) is 0 Å². The molecule has 0 radical (unpaired) electrons. The third kappa shape index (κ3) is 2.72. The number of rotatable bonds is 3. The van der Waals surface area contributed by atoms with Crippen LogP contribution in [0.4, 0.5) is 5.69 Å². The van der Waals surface area contributed by atoms with Gasteiger partial charge in [0.2, 0.25) is 0 Å². The lowest BCUT2D eigenvalue weighted by molar-refractivity contribution is 0.399. The van der Waals surface area contributed by atoms with Crippen LogP contribution in [-0.4, -0.2) is 32.0 Å². The SMILES string of the molecule is C1=NCCN1c1ccc(CC2CCCCN2)cc1. The Kier molecular flexibility index (Phi) is 3.60. The summed E-state index contributed by atoms with van der Waals surface area (Å²) >= 11 is 0. The van der Waals surface area contributed by atoms with Crippen molar-refractivity contribution in [1.82, 2.24) is 5.32 Å². The normalized spacial score (nSPS) is 23.6. The average Bonchev–Trinajstić information content (AvgIpc) is 2.95. The van der Waals surface area contributed by atoms with Crippen LogP contribution in [0.1, 0.15) is 24.8 Å². The summed E-state index contributed by atoms with van der Waals surface area (Å²) in [6.07, 6.45) is 7.14. The van der Waals surface area contributed by atoms with E-state index < -0.39 is 0 Å². The molecule has 2 heterocycles. The van der Waals surface area contributed by atoms with E-state index in [-0.39, 0.29) is 0 Å². The second-order valence-electron chi connectivity index (χ2n) is 5.23. The molecular weight excluding hydrogens is 222 g/mol. The van der Waals surface area contributed by atoms with Crippen LogP contribution in [0.2, 0.25) is 0 Å². The third-order valence-corrected chi connectivity index (χ3v) is 3.85. The van der Waals surface area contributed by atoms with Crippen molar-refractivity contribution in [2.24, 2.45) is 4.99 Å². The van der Waals surface area contributed by atoms with Gasteiger partial charge in [-0.05, 0) is 43.5 Å². The number of anilines is 1. The van der Waals surface area contributed by atoms with Gasteiger partial charge in [-0.15, -0.1) is 0 Å². The Morgan fingerprint density at radius 2 is 2.11 bits per heavy atom. The molecule has 0 aliphatic carbocycles. The number of nitrogens with zero attached hydrogens (tertiary/aromatic N) is 2. The van der Waals surface area contributed by atoms with Crippen LogP contribution in [0.5, 0.6) is 0 Å². The highest BCUT2D eigenvalue weighted by molar-refractivity contribution is 5.80. The number of aliphatic imine (C=N–C) groups is 1. The van der Waals surface area contributed by atoms with E-state index in [2.05, 4.69) is 39.5 Å². The fourth-order valence-electron chi connectivity index (χ4n) is 2.78. The smallest absolute Gasteiger partial charge is 0.0895 e. The largest absolute Gasteiger partial charge is 0.331 e. The number of nitrogens with one attached hydrogen (secondary N) is 1. The van der Waals surface area contributed by atoms with Gasteiger partial charge in [0.25, 0.3) is 0 Å². The number of hydrogen-bond donors (Lipinski definition) is 1. The molecule has 1 fully saturated rings. The van der Waals surface area contributed by atoms with Gasteiger partial charge < -0.3 is 10.2 Å². The van der Waals surface area contributed by atoms with Crippen LogP contribution in [-0.2, 0) is 6.42 Å². The minimum atomic E-state index is 0.679. The summed E-state index contributed by atoms with van der Waals surface area (Å²) in [5, 5.41) is 3.61. The lowest BCUT2D eigenvalue weighted by Crippen LogP contribution is -2.35. The highest BCUT2D eigenvalue weighted by atomic mass is 15.2. The molecule has 0 bridgehead atoms. The predicted octanol–water partition coefficient (Wildman–Crippen LogP) is 2.22. The topological polar surface area (TPSA) is 27.6 Å². The predicted molar refractivity (Wildman–Crippen MR) is 76.5 cm³/mol. The lowest BCUT2D eigenvalue weighted by Gasteiger charge is -2.23. The van der Waals surface area contributed by atoms with E-state index in [1.807, 2.05) is 6.34 Å². The molecule has 1 atom stereocenters. The first-order valence-corrected chi connectivity index (χ1v) is 7.01. The van der Waals surface area contributed by atoms with Gasteiger partial charge in [0.15, 0.2) is 0 Å². The van der Waals surface area contributed by atoms with Gasteiger partial charge in [-0.3, -0.25) is 4.99 Å². The van der Waals surface area contributed by atoms with E-state index in [9.17, 15) is 0 Å². The van der Waals surface area contributed by atoms with Crippen LogP contribution < -0.4 is 10.2 Å². The third-order valence-electron chi connectivity index (χ3n) is 3.85. The zero-order valence-corrected chi connectivity index (χ0v) is 10.8. The lowest BCUT2D eigenvalue weighted by atomic mass is 9.98. The van der Waals surface area contributed by atoms with Gasteiger partial charge in [-0.25, -0.2) is 0 Å². The van der Waals surface area contributed by atoms with Crippen LogP contribution in [0.25, 0.3) is 0 Å². The first-order valence-electron chi connectivity index (χ1n) is 7.01. The molecule has 1 aromatic rings. The van der Waals surface area contributed by atoms with Crippen molar-refractivity contribution in [3.63, 3.8) is 0 Å². The standard InChI is InChI=1S/C15H21N3/c1-2-8-17-14(3-1)11-13-4-6-15(7-5-13)18-10-9-16-12-18/h4-7,12,14,17H,1-3,8-11H2. The number of benzene rings is 1. The van der Waals surface area contributed by atoms with Crippen molar-refractivity contribution in [1.29, 1.82) is 0 Å². The number of piperidine rings is 1. The Bertz CT molecular complexity index is 404. The minimum absolute atomic E-state index is 0.679. The molecule has 3 rings (SSSR count). The molecule has 2 aliphatic heterocycles. The van der Waals surface area contributed by atoms with E-state index in [1.165, 1.54) is 37.1 Å². The fraction of sp³-hybridized carbons (Fsp3) is 0.533. The van der Waals surface area contributed by atoms with Crippen molar-refractivity contribution in [2.45, 2.75) is 31.7 Å². The monoisotopic (exact) mass is 243 g/mol. The molecule has 1 aromatic carbocycles. The summed E-state index contributed by atoms with van der Waals surface area (Å²) in [4.78, 5) is 6.46. The molecule has 1 unspecified atom stereocenters. The second kappa shape index (κ2) is 5.53. The van der Waals surface area contributed by atoms with Crippen LogP contribution in [0.15, 0.2) is 29.3 Å². The minimum Gasteiger partial charge on any atom is -0.331 e. The fourth-order valence-corrected chi connectivity index (χ4v) is 2.78. The van der Waals surface area contributed by atoms with Gasteiger partial charge in [-0.1, -0.05) is 18.6 Å². The van der Waals surface area contributed by atoms with E-state index in [1.54, 1.807) is 0 Å². The maximum atomic E-state index is 4.25. The van der Waals surface area contributed by atoms with Crippen molar-refractivity contribution >= 4 is 12.0 Å². The molecule has 1 N–H and O–H groups in total. The quantitative estimate of drug-likeness (QED) is 0.881. The Hall–Kier alpha value is -1.35. The Balaban J connectivity index is 1.61. The summed E-state index contributed by atoms with van der Waals surface area (Å²) < 4.78 is 0. The zero-order valence-electron chi connectivity index (χ0n) is 10.8. The Labute approximate surface area is 109 Å². The molecule has 0 aromatic heterocycles. The maximum Gasteiger partial charge on any atom is 0.0895 e. The maximum absolute atomic E-state index is 4.25. The van der Waals surface area contributed by atoms with E-state index in [0.717, 1.165) is 19.5 Å². The van der Waals surface area contributed by atoms with Gasteiger partial charge in [0.05, 0.1) is 12.9 Å². The van der Waals surface area contributed by atoms with Crippen LogP contribution in [0, 0.1) is 0 Å². The van der Waals surface area contributed by atoms with E-state index in [0.29, 0.717) is 6.04 Å². The molecule has 3 nitrogen and oxygen atoms in total. The Morgan fingerprint density at radius 3 is 2.78 bits per heavy atom. The highest BCUT2D eigenvalue weighted by Gasteiger charge is 2.13. The summed E-state index contributed by atoms with van der Waals surface area (Å²) in [5.41, 5.74) is 2.70. The van der Waals surface area contributed by atoms with Crippen molar-refractivity contribution in [3.05, 3.63) is 29.8 Å². The molecule has 1 saturated heterocycles. The first-order chi connectivity index (χ1) is 8.92. The zero-order chi connectivity index (χ0) is 12.2. The summed E-state index contributed by atoms with van der Waals surface area (Å²) in [6, 6.07) is 9.64. The molecule has 3 heteroatoms. The van der Waals surface area contributed by atoms with Crippen LogP contribution in [0.3, 0.4) is 0 Å². The van der Waals surface area contributed by atoms with Gasteiger partial charge in [0, 0.05) is 18.3 Å². The molecular formula is C15H21N3. The summed E-state index contributed by atoms with van der Waals surface area (Å²) in [5.74, 6) is 0. The first kappa shape index (κ1) is 11.7. The molecule has 18 heavy (non-hydrogen) atoms. The molecule has 96 valence electrons. The van der Waals surface area contributed by atoms with Gasteiger partial charge in [0.1, 0.15) is 0 Å². The van der Waals surface area contributed by atoms with E-state index >= 15 is 0 Å². The van der Waals surface area contributed by atoms with Crippen molar-refractivity contribution in [2.75, 3.05) is 24.5 Å².